The fourth-order valence-electron chi connectivity index (χ4n) is 4.37. The van der Waals surface area contributed by atoms with Crippen molar-refractivity contribution in [2.75, 3.05) is 20.2 Å². The molecule has 30 heavy (non-hydrogen) atoms. The normalized spacial score (nSPS) is 20.1. The molecule has 0 aromatic carbocycles. The highest BCUT2D eigenvalue weighted by Crippen LogP contribution is 2.37. The molecule has 1 fully saturated rings. The summed E-state index contributed by atoms with van der Waals surface area (Å²) >= 11 is 0. The van der Waals surface area contributed by atoms with Crippen molar-refractivity contribution in [1.29, 1.82) is 0 Å². The Bertz CT molecular complexity index is 915. The summed E-state index contributed by atoms with van der Waals surface area (Å²) in [4.78, 5) is 39.3. The van der Waals surface area contributed by atoms with Crippen molar-refractivity contribution in [3.05, 3.63) is 41.6 Å². The minimum absolute atomic E-state index is 0.00700. The molecular formula is C21H28N6O3. The second-order valence-electron chi connectivity index (χ2n) is 8.26. The van der Waals surface area contributed by atoms with Crippen molar-refractivity contribution < 1.29 is 14.3 Å². The summed E-state index contributed by atoms with van der Waals surface area (Å²) in [5, 5.41) is 6.57. The number of aromatic amines is 1. The molecule has 2 aromatic heterocycles. The molecule has 160 valence electrons. The van der Waals surface area contributed by atoms with Crippen LogP contribution in [-0.4, -0.2) is 63.9 Å². The Morgan fingerprint density at radius 1 is 1.27 bits per heavy atom. The zero-order valence-corrected chi connectivity index (χ0v) is 17.6. The Morgan fingerprint density at radius 2 is 2.03 bits per heavy atom. The first-order chi connectivity index (χ1) is 14.4. The zero-order chi connectivity index (χ0) is 21.3. The molecule has 1 spiro atoms. The van der Waals surface area contributed by atoms with Crippen LogP contribution in [0.2, 0.25) is 0 Å². The number of methoxy groups -OCH3 is 1. The van der Waals surface area contributed by atoms with E-state index in [1.165, 1.54) is 0 Å². The van der Waals surface area contributed by atoms with Crippen molar-refractivity contribution in [1.82, 2.24) is 30.5 Å². The third-order valence-corrected chi connectivity index (χ3v) is 5.87. The quantitative estimate of drug-likeness (QED) is 0.690. The average Bonchev–Trinajstić information content (AvgIpc) is 3.23. The standard InChI is InChI=1S/C21H28N6O3/c1-13(2)25-19(28)16-10-15-18(24-12-23-15)21(26-16)6-8-27(9-7-21)20(29)14-4-5-17(30-3)22-11-14/h4-5,11-13,16,26H,6-10H2,1-3H3,(H,23,24)(H,25,28)/t16-/m0/s1. The third-order valence-electron chi connectivity index (χ3n) is 5.87. The van der Waals surface area contributed by atoms with E-state index in [9.17, 15) is 9.59 Å². The number of H-pyrrole nitrogens is 1. The molecule has 2 aliphatic heterocycles. The van der Waals surface area contributed by atoms with Crippen LogP contribution in [0.5, 0.6) is 5.88 Å². The minimum atomic E-state index is -0.415. The van der Waals surface area contributed by atoms with Gasteiger partial charge in [-0.1, -0.05) is 0 Å². The van der Waals surface area contributed by atoms with Crippen LogP contribution in [0.1, 0.15) is 48.4 Å². The summed E-state index contributed by atoms with van der Waals surface area (Å²) in [6.45, 7) is 5.05. The number of carbonyl (C=O) groups excluding carboxylic acids is 2. The molecule has 0 aliphatic carbocycles. The summed E-state index contributed by atoms with van der Waals surface area (Å²) in [5.74, 6) is 0.423. The zero-order valence-electron chi connectivity index (χ0n) is 17.6. The Labute approximate surface area is 175 Å². The van der Waals surface area contributed by atoms with Crippen LogP contribution in [0.15, 0.2) is 24.7 Å². The monoisotopic (exact) mass is 412 g/mol. The van der Waals surface area contributed by atoms with Crippen LogP contribution < -0.4 is 15.4 Å². The van der Waals surface area contributed by atoms with Gasteiger partial charge in [0.05, 0.1) is 36.3 Å². The number of aromatic nitrogens is 3. The van der Waals surface area contributed by atoms with E-state index >= 15 is 0 Å². The van der Waals surface area contributed by atoms with Crippen molar-refractivity contribution in [2.45, 2.75) is 50.7 Å². The molecule has 1 saturated heterocycles. The summed E-state index contributed by atoms with van der Waals surface area (Å²) in [6, 6.07) is 3.18. The average molecular weight is 412 g/mol. The molecule has 9 heteroatoms. The van der Waals surface area contributed by atoms with E-state index in [1.807, 2.05) is 18.7 Å². The Balaban J connectivity index is 1.49. The van der Waals surface area contributed by atoms with E-state index in [2.05, 4.69) is 25.6 Å². The summed E-state index contributed by atoms with van der Waals surface area (Å²) in [6.07, 6.45) is 5.19. The van der Waals surface area contributed by atoms with Crippen LogP contribution in [0.25, 0.3) is 0 Å². The van der Waals surface area contributed by atoms with E-state index in [0.29, 0.717) is 43.8 Å². The molecule has 9 nitrogen and oxygen atoms in total. The highest BCUT2D eigenvalue weighted by Gasteiger charge is 2.46. The van der Waals surface area contributed by atoms with Gasteiger partial charge in [-0.25, -0.2) is 9.97 Å². The molecule has 0 unspecified atom stereocenters. The van der Waals surface area contributed by atoms with E-state index < -0.39 is 5.54 Å². The van der Waals surface area contributed by atoms with Crippen LogP contribution in [-0.2, 0) is 16.8 Å². The number of hydrogen-bond acceptors (Lipinski definition) is 6. The Hall–Kier alpha value is -2.94. The fourth-order valence-corrected chi connectivity index (χ4v) is 4.37. The van der Waals surface area contributed by atoms with Gasteiger partial charge in [0.1, 0.15) is 0 Å². The number of rotatable bonds is 4. The number of nitrogens with zero attached hydrogens (tertiary/aromatic N) is 3. The smallest absolute Gasteiger partial charge is 0.255 e. The van der Waals surface area contributed by atoms with Crippen LogP contribution in [0.3, 0.4) is 0 Å². The lowest BCUT2D eigenvalue weighted by Gasteiger charge is -2.46. The number of nitrogens with one attached hydrogen (secondary N) is 3. The molecule has 0 saturated carbocycles. The number of ether oxygens (including phenoxy) is 1. The number of fused-ring (bicyclic) bond motifs is 2. The lowest BCUT2D eigenvalue weighted by molar-refractivity contribution is -0.124. The number of piperidine rings is 1. The van der Waals surface area contributed by atoms with Gasteiger partial charge in [-0.2, -0.15) is 0 Å². The van der Waals surface area contributed by atoms with Crippen LogP contribution in [0, 0.1) is 0 Å². The lowest BCUT2D eigenvalue weighted by atomic mass is 9.78. The van der Waals surface area contributed by atoms with Gasteiger partial charge in [0.25, 0.3) is 5.91 Å². The van der Waals surface area contributed by atoms with E-state index in [0.717, 1.165) is 11.4 Å². The number of likely N-dealkylation sites (tertiary alicyclic amines) is 1. The predicted octanol–water partition coefficient (Wildman–Crippen LogP) is 0.984. The number of amides is 2. The van der Waals surface area contributed by atoms with Gasteiger partial charge >= 0.3 is 0 Å². The van der Waals surface area contributed by atoms with Gasteiger partial charge in [-0.3, -0.25) is 14.9 Å². The third kappa shape index (κ3) is 3.77. The molecule has 3 N–H and O–H groups in total. The largest absolute Gasteiger partial charge is 0.481 e. The molecule has 2 aliphatic rings. The SMILES string of the molecule is COc1ccc(C(=O)N2CCC3(CC2)N[C@H](C(=O)NC(C)C)Cc2[nH]cnc23)cn1. The van der Waals surface area contributed by atoms with Gasteiger partial charge in [-0.15, -0.1) is 0 Å². The number of imidazole rings is 1. The van der Waals surface area contributed by atoms with E-state index in [4.69, 9.17) is 4.74 Å². The second kappa shape index (κ2) is 8.06. The number of hydrogen-bond donors (Lipinski definition) is 3. The number of pyridine rings is 1. The molecule has 1 atom stereocenters. The molecule has 2 amide bonds. The molecule has 2 aromatic rings. The highest BCUT2D eigenvalue weighted by molar-refractivity contribution is 5.94. The van der Waals surface area contributed by atoms with Gasteiger partial charge in [0, 0.05) is 43.5 Å². The molecular weight excluding hydrogens is 384 g/mol. The summed E-state index contributed by atoms with van der Waals surface area (Å²) in [7, 11) is 1.54. The Morgan fingerprint density at radius 3 is 2.67 bits per heavy atom. The molecule has 4 rings (SSSR count). The van der Waals surface area contributed by atoms with E-state index in [-0.39, 0.29) is 23.9 Å². The molecule has 0 bridgehead atoms. The molecule has 0 radical (unpaired) electrons. The maximum atomic E-state index is 12.9. The van der Waals surface area contributed by atoms with Gasteiger partial charge in [0.2, 0.25) is 11.8 Å². The second-order valence-corrected chi connectivity index (χ2v) is 8.26. The van der Waals surface area contributed by atoms with Crippen molar-refractivity contribution in [2.24, 2.45) is 0 Å². The maximum Gasteiger partial charge on any atom is 0.255 e. The van der Waals surface area contributed by atoms with Crippen LogP contribution >= 0.6 is 0 Å². The van der Waals surface area contributed by atoms with Gasteiger partial charge in [0.15, 0.2) is 0 Å². The van der Waals surface area contributed by atoms with E-state index in [1.54, 1.807) is 31.8 Å². The summed E-state index contributed by atoms with van der Waals surface area (Å²) < 4.78 is 5.06. The van der Waals surface area contributed by atoms with Crippen molar-refractivity contribution >= 4 is 11.8 Å². The highest BCUT2D eigenvalue weighted by atomic mass is 16.5. The van der Waals surface area contributed by atoms with Crippen LogP contribution in [0.4, 0.5) is 0 Å². The van der Waals surface area contributed by atoms with Crippen molar-refractivity contribution in [3.63, 3.8) is 0 Å². The minimum Gasteiger partial charge on any atom is -0.481 e. The topological polar surface area (TPSA) is 112 Å². The maximum absolute atomic E-state index is 12.9. The first kappa shape index (κ1) is 20.3. The van der Waals surface area contributed by atoms with Gasteiger partial charge in [-0.05, 0) is 32.8 Å². The fraction of sp³-hybridized carbons (Fsp3) is 0.524. The van der Waals surface area contributed by atoms with Gasteiger partial charge < -0.3 is 19.9 Å². The lowest BCUT2D eigenvalue weighted by Crippen LogP contribution is -2.62. The first-order valence-electron chi connectivity index (χ1n) is 10.3. The molecule has 4 heterocycles. The van der Waals surface area contributed by atoms with Crippen molar-refractivity contribution in [3.8, 4) is 5.88 Å². The summed E-state index contributed by atoms with van der Waals surface area (Å²) in [5.41, 5.74) is 2.09. The Kier molecular flexibility index (Phi) is 5.46. The first-order valence-corrected chi connectivity index (χ1v) is 10.3. The number of carbonyl (C=O) groups is 2. The predicted molar refractivity (Wildman–Crippen MR) is 110 cm³/mol.